The van der Waals surface area contributed by atoms with Crippen LogP contribution in [-0.2, 0) is 14.8 Å². The van der Waals surface area contributed by atoms with Crippen molar-refractivity contribution in [2.45, 2.75) is 24.7 Å². The third-order valence-electron chi connectivity index (χ3n) is 4.87. The molecule has 0 aromatic heterocycles. The van der Waals surface area contributed by atoms with E-state index < -0.39 is 15.9 Å². The molecule has 8 heteroatoms. The molecule has 0 radical (unpaired) electrons. The number of amides is 1. The van der Waals surface area contributed by atoms with E-state index in [9.17, 15) is 13.2 Å². The third-order valence-corrected chi connectivity index (χ3v) is 6.98. The number of methoxy groups -OCH3 is 1. The Morgan fingerprint density at radius 3 is 2.57 bits per heavy atom. The number of rotatable bonds is 5. The Bertz CT molecular complexity index is 961. The Labute approximate surface area is 170 Å². The number of nitrogens with zero attached hydrogens (tertiary/aromatic N) is 1. The van der Waals surface area contributed by atoms with Crippen molar-refractivity contribution in [2.24, 2.45) is 5.92 Å². The minimum Gasteiger partial charge on any atom is -0.496 e. The highest BCUT2D eigenvalue weighted by molar-refractivity contribution is 7.89. The molecule has 0 saturated carbocycles. The third kappa shape index (κ3) is 4.48. The molecule has 0 unspecified atom stereocenters. The molecule has 28 heavy (non-hydrogen) atoms. The van der Waals surface area contributed by atoms with Crippen LogP contribution in [0, 0.1) is 12.8 Å². The van der Waals surface area contributed by atoms with Crippen LogP contribution in [0.4, 0.5) is 5.69 Å². The van der Waals surface area contributed by atoms with Crippen LogP contribution >= 0.6 is 11.6 Å². The zero-order chi connectivity index (χ0) is 20.3. The molecule has 6 nitrogen and oxygen atoms in total. The van der Waals surface area contributed by atoms with E-state index in [4.69, 9.17) is 16.3 Å². The summed E-state index contributed by atoms with van der Waals surface area (Å²) >= 11 is 5.86. The predicted molar refractivity (Wildman–Crippen MR) is 109 cm³/mol. The molecule has 3 rings (SSSR count). The van der Waals surface area contributed by atoms with Crippen molar-refractivity contribution >= 4 is 33.2 Å². The Morgan fingerprint density at radius 2 is 1.93 bits per heavy atom. The number of ether oxygens (including phenoxy) is 1. The molecule has 2 aromatic rings. The topological polar surface area (TPSA) is 75.7 Å². The van der Waals surface area contributed by atoms with Gasteiger partial charge >= 0.3 is 0 Å². The number of sulfonamides is 1. The summed E-state index contributed by atoms with van der Waals surface area (Å²) in [7, 11) is -2.13. The molecule has 1 aliphatic heterocycles. The summed E-state index contributed by atoms with van der Waals surface area (Å²) in [4.78, 5) is 12.8. The zero-order valence-corrected chi connectivity index (χ0v) is 17.4. The Kier molecular flexibility index (Phi) is 6.27. The second-order valence-corrected chi connectivity index (χ2v) is 9.20. The van der Waals surface area contributed by atoms with E-state index in [0.29, 0.717) is 35.8 Å². The Hall–Kier alpha value is -2.09. The van der Waals surface area contributed by atoms with Gasteiger partial charge in [-0.25, -0.2) is 8.42 Å². The molecule has 0 aliphatic carbocycles. The second-order valence-electron chi connectivity index (χ2n) is 6.83. The molecule has 1 fully saturated rings. The van der Waals surface area contributed by atoms with Crippen LogP contribution in [0.15, 0.2) is 47.4 Å². The van der Waals surface area contributed by atoms with Crippen LogP contribution < -0.4 is 10.1 Å². The summed E-state index contributed by atoms with van der Waals surface area (Å²) in [5, 5.41) is 3.43. The molecule has 2 aromatic carbocycles. The van der Waals surface area contributed by atoms with Gasteiger partial charge in [0, 0.05) is 23.8 Å². The lowest BCUT2D eigenvalue weighted by Gasteiger charge is -2.31. The quantitative estimate of drug-likeness (QED) is 0.797. The maximum Gasteiger partial charge on any atom is 0.243 e. The first-order chi connectivity index (χ1) is 13.3. The van der Waals surface area contributed by atoms with Gasteiger partial charge in [-0.05, 0) is 67.8 Å². The van der Waals surface area contributed by atoms with Gasteiger partial charge in [-0.2, -0.15) is 4.31 Å². The van der Waals surface area contributed by atoms with Crippen molar-refractivity contribution in [3.8, 4) is 5.75 Å². The van der Waals surface area contributed by atoms with Crippen molar-refractivity contribution < 1.29 is 17.9 Å². The first-order valence-electron chi connectivity index (χ1n) is 9.02. The van der Waals surface area contributed by atoms with Crippen LogP contribution in [0.2, 0.25) is 5.02 Å². The van der Waals surface area contributed by atoms with Gasteiger partial charge < -0.3 is 10.1 Å². The summed E-state index contributed by atoms with van der Waals surface area (Å²) in [5.41, 5.74) is 1.39. The van der Waals surface area contributed by atoms with E-state index in [1.807, 2.05) is 0 Å². The maximum atomic E-state index is 13.0. The van der Waals surface area contributed by atoms with Crippen LogP contribution in [0.1, 0.15) is 18.4 Å². The summed E-state index contributed by atoms with van der Waals surface area (Å²) < 4.78 is 32.7. The van der Waals surface area contributed by atoms with E-state index in [1.54, 1.807) is 56.5 Å². The Balaban J connectivity index is 1.73. The van der Waals surface area contributed by atoms with Gasteiger partial charge in [-0.1, -0.05) is 11.6 Å². The molecular formula is C20H23ClN2O4S. The van der Waals surface area contributed by atoms with Crippen molar-refractivity contribution in [3.05, 3.63) is 53.1 Å². The molecule has 1 heterocycles. The predicted octanol–water partition coefficient (Wildman–Crippen LogP) is 3.70. The molecule has 1 saturated heterocycles. The number of halogens is 1. The van der Waals surface area contributed by atoms with Crippen LogP contribution in [0.3, 0.4) is 0 Å². The summed E-state index contributed by atoms with van der Waals surface area (Å²) in [6.45, 7) is 2.36. The van der Waals surface area contributed by atoms with Gasteiger partial charge in [0.1, 0.15) is 5.75 Å². The number of piperidine rings is 1. The van der Waals surface area contributed by atoms with Crippen LogP contribution in [-0.4, -0.2) is 38.8 Å². The fourth-order valence-electron chi connectivity index (χ4n) is 3.31. The van der Waals surface area contributed by atoms with Gasteiger partial charge in [0.15, 0.2) is 0 Å². The lowest BCUT2D eigenvalue weighted by atomic mass is 9.99. The lowest BCUT2D eigenvalue weighted by molar-refractivity contribution is -0.120. The highest BCUT2D eigenvalue weighted by Gasteiger charge is 2.33. The monoisotopic (exact) mass is 422 g/mol. The molecule has 1 amide bonds. The number of hydrogen-bond donors (Lipinski definition) is 1. The molecule has 0 spiro atoms. The van der Waals surface area contributed by atoms with E-state index in [-0.39, 0.29) is 17.3 Å². The molecular weight excluding hydrogens is 400 g/mol. The summed E-state index contributed by atoms with van der Waals surface area (Å²) in [6, 6.07) is 11.6. The van der Waals surface area contributed by atoms with Crippen molar-refractivity contribution in [1.29, 1.82) is 0 Å². The van der Waals surface area contributed by atoms with Crippen molar-refractivity contribution in [1.82, 2.24) is 4.31 Å². The number of anilines is 1. The molecule has 150 valence electrons. The van der Waals surface area contributed by atoms with E-state index in [1.165, 1.54) is 4.31 Å². The van der Waals surface area contributed by atoms with Gasteiger partial charge in [-0.3, -0.25) is 4.79 Å². The molecule has 1 N–H and O–H groups in total. The lowest BCUT2D eigenvalue weighted by Crippen LogP contribution is -2.43. The number of carbonyl (C=O) groups is 1. The fourth-order valence-corrected chi connectivity index (χ4v) is 5.05. The summed E-state index contributed by atoms with van der Waals surface area (Å²) in [5.74, 6) is 0.0458. The largest absolute Gasteiger partial charge is 0.496 e. The first kappa shape index (κ1) is 20.6. The average molecular weight is 423 g/mol. The van der Waals surface area contributed by atoms with E-state index >= 15 is 0 Å². The highest BCUT2D eigenvalue weighted by atomic mass is 35.5. The summed E-state index contributed by atoms with van der Waals surface area (Å²) in [6.07, 6.45) is 1.28. The van der Waals surface area contributed by atoms with Gasteiger partial charge in [0.2, 0.25) is 15.9 Å². The number of carbonyl (C=O) groups excluding carboxylic acids is 1. The van der Waals surface area contributed by atoms with Gasteiger partial charge in [0.05, 0.1) is 17.9 Å². The Morgan fingerprint density at radius 1 is 1.21 bits per heavy atom. The smallest absolute Gasteiger partial charge is 0.243 e. The zero-order valence-electron chi connectivity index (χ0n) is 15.8. The van der Waals surface area contributed by atoms with Gasteiger partial charge in [0.25, 0.3) is 0 Å². The second kappa shape index (κ2) is 8.51. The number of benzene rings is 2. The van der Waals surface area contributed by atoms with E-state index in [2.05, 4.69) is 5.32 Å². The molecule has 0 bridgehead atoms. The minimum atomic E-state index is -3.67. The number of hydrogen-bond acceptors (Lipinski definition) is 4. The fraction of sp³-hybridized carbons (Fsp3) is 0.350. The number of nitrogens with one attached hydrogen (secondary N) is 1. The molecule has 1 aliphatic rings. The average Bonchev–Trinajstić information content (AvgIpc) is 2.69. The SMILES string of the molecule is COc1ccc(S(=O)(=O)N2CCC[C@@H](C(=O)Nc3ccc(Cl)cc3)C2)cc1C. The van der Waals surface area contributed by atoms with Crippen molar-refractivity contribution in [2.75, 3.05) is 25.5 Å². The van der Waals surface area contributed by atoms with E-state index in [0.717, 1.165) is 5.56 Å². The normalized spacial score (nSPS) is 17.9. The van der Waals surface area contributed by atoms with Crippen LogP contribution in [0.25, 0.3) is 0 Å². The first-order valence-corrected chi connectivity index (χ1v) is 10.8. The standard InChI is InChI=1S/C20H23ClN2O4S/c1-14-12-18(9-10-19(14)27-2)28(25,26)23-11-3-4-15(13-23)20(24)22-17-7-5-16(21)6-8-17/h5-10,12,15H,3-4,11,13H2,1-2H3,(H,22,24)/t15-/m1/s1. The van der Waals surface area contributed by atoms with Crippen LogP contribution in [0.5, 0.6) is 5.75 Å². The van der Waals surface area contributed by atoms with Gasteiger partial charge in [-0.15, -0.1) is 0 Å². The highest BCUT2D eigenvalue weighted by Crippen LogP contribution is 2.28. The molecule has 1 atom stereocenters. The number of aryl methyl sites for hydroxylation is 1. The van der Waals surface area contributed by atoms with Crippen molar-refractivity contribution in [3.63, 3.8) is 0 Å². The minimum absolute atomic E-state index is 0.160. The maximum absolute atomic E-state index is 13.0.